The lowest BCUT2D eigenvalue weighted by atomic mass is 9.91. The summed E-state index contributed by atoms with van der Waals surface area (Å²) in [5.41, 5.74) is 0.587. The van der Waals surface area contributed by atoms with Crippen LogP contribution in [-0.2, 0) is 14.6 Å². The van der Waals surface area contributed by atoms with E-state index in [1.54, 1.807) is 6.07 Å². The molecule has 0 unspecified atom stereocenters. The quantitative estimate of drug-likeness (QED) is 0.641. The number of likely N-dealkylation sites (tertiary alicyclic amines) is 1. The molecule has 2 heterocycles. The number of nitrogens with zero attached hydrogens (tertiary/aromatic N) is 2. The number of hydrogen-bond donors (Lipinski definition) is 1. The Hall–Kier alpha value is -2.52. The molecule has 0 bridgehead atoms. The predicted octanol–water partition coefficient (Wildman–Crippen LogP) is 3.79. The molecule has 1 saturated heterocycles. The second-order valence-corrected chi connectivity index (χ2v) is 12.1. The van der Waals surface area contributed by atoms with E-state index in [2.05, 4.69) is 10.3 Å². The Morgan fingerprint density at radius 2 is 1.97 bits per heavy atom. The number of sulfone groups is 1. The molecule has 1 aromatic heterocycles. The summed E-state index contributed by atoms with van der Waals surface area (Å²) in [6, 6.07) is 6.08. The van der Waals surface area contributed by atoms with Gasteiger partial charge in [-0.05, 0) is 60.4 Å². The van der Waals surface area contributed by atoms with E-state index in [-0.39, 0.29) is 32.9 Å². The van der Waals surface area contributed by atoms with Crippen molar-refractivity contribution in [3.05, 3.63) is 58.5 Å². The first-order chi connectivity index (χ1) is 15.9. The largest absolute Gasteiger partial charge is 0.347 e. The van der Waals surface area contributed by atoms with E-state index in [9.17, 15) is 22.4 Å². The smallest absolute Gasteiger partial charge is 0.254 e. The summed E-state index contributed by atoms with van der Waals surface area (Å²) >= 11 is 5.84. The molecule has 2 aromatic rings. The number of hydrogen-bond acceptors (Lipinski definition) is 5. The van der Waals surface area contributed by atoms with Crippen LogP contribution in [0.3, 0.4) is 0 Å². The molecule has 10 heteroatoms. The summed E-state index contributed by atoms with van der Waals surface area (Å²) in [7, 11) is -3.59. The number of carbonyl (C=O) groups is 2. The van der Waals surface area contributed by atoms with Crippen LogP contribution >= 0.6 is 11.6 Å². The predicted molar refractivity (Wildman–Crippen MR) is 126 cm³/mol. The number of pyridine rings is 1. The molecule has 2 amide bonds. The topological polar surface area (TPSA) is 96.4 Å². The maximum Gasteiger partial charge on any atom is 0.254 e. The molecule has 1 aromatic carbocycles. The average molecular weight is 508 g/mol. The van der Waals surface area contributed by atoms with E-state index < -0.39 is 33.6 Å². The zero-order valence-electron chi connectivity index (χ0n) is 19.2. The molecule has 3 atom stereocenters. The highest BCUT2D eigenvalue weighted by Crippen LogP contribution is 2.54. The van der Waals surface area contributed by atoms with Crippen molar-refractivity contribution in [2.75, 3.05) is 12.8 Å². The van der Waals surface area contributed by atoms with Gasteiger partial charge in [0.05, 0.1) is 11.1 Å². The molecule has 4 rings (SSSR count). The van der Waals surface area contributed by atoms with Crippen molar-refractivity contribution in [3.8, 4) is 0 Å². The van der Waals surface area contributed by atoms with Crippen molar-refractivity contribution < 1.29 is 22.4 Å². The Bertz CT molecular complexity index is 1250. The van der Waals surface area contributed by atoms with Crippen LogP contribution in [0.2, 0.25) is 5.02 Å². The van der Waals surface area contributed by atoms with Crippen LogP contribution in [0.1, 0.15) is 55.1 Å². The van der Waals surface area contributed by atoms with Gasteiger partial charge in [0, 0.05) is 24.6 Å². The van der Waals surface area contributed by atoms with Crippen molar-refractivity contribution in [2.24, 2.45) is 11.3 Å². The normalized spacial score (nSPS) is 22.3. The summed E-state index contributed by atoms with van der Waals surface area (Å²) in [5.74, 6) is -1.21. The minimum atomic E-state index is -3.59. The number of rotatable bonds is 6. The highest BCUT2D eigenvalue weighted by molar-refractivity contribution is 7.90. The van der Waals surface area contributed by atoms with Gasteiger partial charge in [0.25, 0.3) is 5.91 Å². The Balaban J connectivity index is 1.59. The molecule has 34 heavy (non-hydrogen) atoms. The molecular weight excluding hydrogens is 481 g/mol. The van der Waals surface area contributed by atoms with Crippen LogP contribution in [0.4, 0.5) is 4.39 Å². The Labute approximate surface area is 203 Å². The standard InChI is InChI=1S/C24H27ClFN3O4S/c1-14-10-19(29(13-14)23(31)16-6-9-27-20(12-16)34(3,32)33)22(30)28-21(24(2)7-8-24)15-4-5-17(25)18(26)11-15/h4-6,9,11-12,14,19,21H,7-8,10,13H2,1-3H3,(H,28,30)/t14-,19-,21+/m1/s1. The number of halogens is 2. The summed E-state index contributed by atoms with van der Waals surface area (Å²) in [6.07, 6.45) is 4.54. The third-order valence-electron chi connectivity index (χ3n) is 6.73. The Morgan fingerprint density at radius 1 is 1.26 bits per heavy atom. The molecule has 1 N–H and O–H groups in total. The fraction of sp³-hybridized carbons (Fsp3) is 0.458. The third kappa shape index (κ3) is 4.95. The summed E-state index contributed by atoms with van der Waals surface area (Å²) in [6.45, 7) is 4.36. The monoisotopic (exact) mass is 507 g/mol. The Morgan fingerprint density at radius 3 is 2.59 bits per heavy atom. The highest BCUT2D eigenvalue weighted by Gasteiger charge is 2.48. The fourth-order valence-electron chi connectivity index (χ4n) is 4.51. The van der Waals surface area contributed by atoms with Gasteiger partial charge in [-0.15, -0.1) is 0 Å². The summed E-state index contributed by atoms with van der Waals surface area (Å²) < 4.78 is 37.9. The summed E-state index contributed by atoms with van der Waals surface area (Å²) in [5, 5.41) is 2.89. The molecule has 182 valence electrons. The van der Waals surface area contributed by atoms with Gasteiger partial charge in [-0.25, -0.2) is 17.8 Å². The van der Waals surface area contributed by atoms with E-state index in [0.29, 0.717) is 18.5 Å². The van der Waals surface area contributed by atoms with E-state index in [0.717, 1.165) is 19.1 Å². The lowest BCUT2D eigenvalue weighted by Gasteiger charge is -2.30. The van der Waals surface area contributed by atoms with E-state index in [1.165, 1.54) is 35.4 Å². The maximum atomic E-state index is 14.2. The van der Waals surface area contributed by atoms with Crippen molar-refractivity contribution in [3.63, 3.8) is 0 Å². The molecule has 2 aliphatic rings. The van der Waals surface area contributed by atoms with Crippen molar-refractivity contribution in [1.82, 2.24) is 15.2 Å². The number of nitrogens with one attached hydrogen (secondary N) is 1. The van der Waals surface area contributed by atoms with Gasteiger partial charge in [0.2, 0.25) is 5.91 Å². The maximum absolute atomic E-state index is 14.2. The molecular formula is C24H27ClFN3O4S. The molecule has 7 nitrogen and oxygen atoms in total. The average Bonchev–Trinajstić information content (AvgIpc) is 3.40. The van der Waals surface area contributed by atoms with Crippen LogP contribution in [0.15, 0.2) is 41.6 Å². The van der Waals surface area contributed by atoms with Gasteiger partial charge in [-0.2, -0.15) is 0 Å². The highest BCUT2D eigenvalue weighted by atomic mass is 35.5. The minimum Gasteiger partial charge on any atom is -0.347 e. The van der Waals surface area contributed by atoms with Crippen molar-refractivity contribution in [1.29, 1.82) is 0 Å². The number of amides is 2. The molecule has 1 aliphatic carbocycles. The van der Waals surface area contributed by atoms with Crippen LogP contribution in [-0.4, -0.2) is 49.0 Å². The van der Waals surface area contributed by atoms with Crippen molar-refractivity contribution >= 4 is 33.3 Å². The SMILES string of the molecule is C[C@@H]1C[C@H](C(=O)N[C@@H](c2ccc(Cl)c(F)c2)C2(C)CC2)N(C(=O)c2ccnc(S(C)(=O)=O)c2)C1. The third-order valence-corrected chi connectivity index (χ3v) is 8.02. The first-order valence-electron chi connectivity index (χ1n) is 11.1. The number of carbonyl (C=O) groups excluding carboxylic acids is 2. The first kappa shape index (κ1) is 24.6. The first-order valence-corrected chi connectivity index (χ1v) is 13.4. The second-order valence-electron chi connectivity index (χ2n) is 9.74. The molecule has 2 fully saturated rings. The second kappa shape index (κ2) is 8.92. The van der Waals surface area contributed by atoms with Gasteiger partial charge in [0.1, 0.15) is 11.9 Å². The van der Waals surface area contributed by atoms with E-state index >= 15 is 0 Å². The van der Waals surface area contributed by atoms with Crippen LogP contribution in [0.5, 0.6) is 0 Å². The number of aromatic nitrogens is 1. The van der Waals surface area contributed by atoms with Crippen LogP contribution in [0, 0.1) is 17.2 Å². The van der Waals surface area contributed by atoms with Crippen LogP contribution in [0.25, 0.3) is 0 Å². The lowest BCUT2D eigenvalue weighted by molar-refractivity contribution is -0.126. The zero-order valence-corrected chi connectivity index (χ0v) is 20.8. The summed E-state index contributed by atoms with van der Waals surface area (Å²) in [4.78, 5) is 32.0. The number of benzene rings is 1. The molecule has 0 spiro atoms. The fourth-order valence-corrected chi connectivity index (χ4v) is 5.22. The molecule has 1 aliphatic heterocycles. The molecule has 0 radical (unpaired) electrons. The van der Waals surface area contributed by atoms with Crippen molar-refractivity contribution in [2.45, 2.75) is 50.2 Å². The zero-order chi connectivity index (χ0) is 24.8. The lowest BCUT2D eigenvalue weighted by Crippen LogP contribution is -2.48. The Kier molecular flexibility index (Phi) is 6.46. The molecule has 1 saturated carbocycles. The van der Waals surface area contributed by atoms with E-state index in [1.807, 2.05) is 13.8 Å². The van der Waals surface area contributed by atoms with Gasteiger partial charge in [-0.3, -0.25) is 9.59 Å². The van der Waals surface area contributed by atoms with Gasteiger partial charge >= 0.3 is 0 Å². The van der Waals surface area contributed by atoms with Gasteiger partial charge < -0.3 is 10.2 Å². The van der Waals surface area contributed by atoms with Gasteiger partial charge in [0.15, 0.2) is 14.9 Å². The van der Waals surface area contributed by atoms with Crippen LogP contribution < -0.4 is 5.32 Å². The van der Waals surface area contributed by atoms with E-state index in [4.69, 9.17) is 11.6 Å². The van der Waals surface area contributed by atoms with Gasteiger partial charge in [-0.1, -0.05) is 31.5 Å². The minimum absolute atomic E-state index is 0.0157.